The minimum atomic E-state index is -0.288. The summed E-state index contributed by atoms with van der Waals surface area (Å²) in [6, 6.07) is 4.78. The van der Waals surface area contributed by atoms with Crippen molar-refractivity contribution in [3.8, 4) is 5.75 Å². The lowest BCUT2D eigenvalue weighted by molar-refractivity contribution is 0.102. The number of H-pyrrole nitrogens is 1. The minimum Gasteiger partial charge on any atom is -0.508 e. The molecule has 3 aromatic rings. The molecule has 8 nitrogen and oxygen atoms in total. The van der Waals surface area contributed by atoms with Crippen LogP contribution in [0, 0.1) is 0 Å². The Morgan fingerprint density at radius 1 is 1.48 bits per heavy atom. The van der Waals surface area contributed by atoms with E-state index in [0.717, 1.165) is 11.8 Å². The summed E-state index contributed by atoms with van der Waals surface area (Å²) >= 11 is 0. The average Bonchev–Trinajstić information content (AvgIpc) is 3.15. The Balaban J connectivity index is 1.71. The standard InChI is InChI=1S/C15H17N5O3/c1-23-6-2-5-20-9-10(8-16-20)15(22)17-14-12-4-3-11(21)7-13(12)18-19-14/h3-4,7-9,21H,2,5-6H2,1H3,(H2,17,18,19,22). The van der Waals surface area contributed by atoms with Crippen molar-refractivity contribution in [2.24, 2.45) is 0 Å². The van der Waals surface area contributed by atoms with Crippen LogP contribution in [-0.2, 0) is 11.3 Å². The number of hydrogen-bond acceptors (Lipinski definition) is 5. The summed E-state index contributed by atoms with van der Waals surface area (Å²) in [7, 11) is 1.65. The molecule has 0 atom stereocenters. The molecule has 3 N–H and O–H groups in total. The first-order chi connectivity index (χ1) is 11.2. The van der Waals surface area contributed by atoms with Gasteiger partial charge in [-0.1, -0.05) is 0 Å². The Kier molecular flexibility index (Phi) is 4.24. The smallest absolute Gasteiger partial charge is 0.260 e. The number of amides is 1. The number of fused-ring (bicyclic) bond motifs is 1. The first-order valence-corrected chi connectivity index (χ1v) is 7.17. The van der Waals surface area contributed by atoms with Crippen molar-refractivity contribution in [1.29, 1.82) is 0 Å². The van der Waals surface area contributed by atoms with E-state index in [1.165, 1.54) is 6.20 Å². The molecule has 1 amide bonds. The Labute approximate surface area is 132 Å². The van der Waals surface area contributed by atoms with Gasteiger partial charge in [0.1, 0.15) is 5.75 Å². The average molecular weight is 315 g/mol. The second kappa shape index (κ2) is 6.49. The van der Waals surface area contributed by atoms with E-state index < -0.39 is 0 Å². The molecule has 0 spiro atoms. The predicted octanol–water partition coefficient (Wildman–Crippen LogP) is 1.75. The Bertz CT molecular complexity index is 823. The fourth-order valence-corrected chi connectivity index (χ4v) is 2.26. The van der Waals surface area contributed by atoms with E-state index >= 15 is 0 Å². The van der Waals surface area contributed by atoms with Crippen molar-refractivity contribution in [3.05, 3.63) is 36.2 Å². The lowest BCUT2D eigenvalue weighted by Crippen LogP contribution is -2.11. The topological polar surface area (TPSA) is 105 Å². The van der Waals surface area contributed by atoms with Crippen molar-refractivity contribution in [3.63, 3.8) is 0 Å². The molecule has 0 fully saturated rings. The van der Waals surface area contributed by atoms with Gasteiger partial charge in [0, 0.05) is 37.9 Å². The number of anilines is 1. The van der Waals surface area contributed by atoms with Gasteiger partial charge in [0.25, 0.3) is 5.91 Å². The van der Waals surface area contributed by atoms with Gasteiger partial charge < -0.3 is 15.2 Å². The fourth-order valence-electron chi connectivity index (χ4n) is 2.26. The van der Waals surface area contributed by atoms with Gasteiger partial charge in [-0.2, -0.15) is 10.2 Å². The molecular weight excluding hydrogens is 298 g/mol. The molecule has 0 saturated carbocycles. The largest absolute Gasteiger partial charge is 0.508 e. The van der Waals surface area contributed by atoms with E-state index in [9.17, 15) is 9.90 Å². The van der Waals surface area contributed by atoms with Gasteiger partial charge in [0.15, 0.2) is 5.82 Å². The molecular formula is C15H17N5O3. The molecule has 0 bridgehead atoms. The van der Waals surface area contributed by atoms with Crippen molar-refractivity contribution >= 4 is 22.6 Å². The second-order valence-electron chi connectivity index (χ2n) is 5.09. The summed E-state index contributed by atoms with van der Waals surface area (Å²) in [5, 5.41) is 23.9. The number of nitrogens with zero attached hydrogens (tertiary/aromatic N) is 3. The van der Waals surface area contributed by atoms with E-state index in [-0.39, 0.29) is 11.7 Å². The molecule has 0 radical (unpaired) electrons. The summed E-state index contributed by atoms with van der Waals surface area (Å²) < 4.78 is 6.69. The number of rotatable bonds is 6. The normalized spacial score (nSPS) is 11.0. The third kappa shape index (κ3) is 3.32. The van der Waals surface area contributed by atoms with Crippen LogP contribution in [0.15, 0.2) is 30.6 Å². The zero-order valence-electron chi connectivity index (χ0n) is 12.6. The van der Waals surface area contributed by atoms with Crippen LogP contribution < -0.4 is 5.32 Å². The molecule has 0 aliphatic carbocycles. The summed E-state index contributed by atoms with van der Waals surface area (Å²) in [5.41, 5.74) is 1.10. The van der Waals surface area contributed by atoms with Crippen LogP contribution in [-0.4, -0.2) is 44.7 Å². The lowest BCUT2D eigenvalue weighted by Gasteiger charge is -2.01. The fraction of sp³-hybridized carbons (Fsp3) is 0.267. The summed E-state index contributed by atoms with van der Waals surface area (Å²) in [5.74, 6) is 0.262. The van der Waals surface area contributed by atoms with Crippen LogP contribution >= 0.6 is 0 Å². The number of benzene rings is 1. The van der Waals surface area contributed by atoms with Gasteiger partial charge in [-0.15, -0.1) is 0 Å². The second-order valence-corrected chi connectivity index (χ2v) is 5.09. The van der Waals surface area contributed by atoms with E-state index in [1.54, 1.807) is 36.2 Å². The molecule has 2 heterocycles. The number of hydrogen-bond donors (Lipinski definition) is 3. The highest BCUT2D eigenvalue weighted by atomic mass is 16.5. The van der Waals surface area contributed by atoms with Crippen molar-refractivity contribution in [1.82, 2.24) is 20.0 Å². The third-order valence-corrected chi connectivity index (χ3v) is 3.41. The number of aryl methyl sites for hydroxylation is 1. The minimum absolute atomic E-state index is 0.136. The number of methoxy groups -OCH3 is 1. The number of carbonyl (C=O) groups excluding carboxylic acids is 1. The zero-order valence-corrected chi connectivity index (χ0v) is 12.6. The van der Waals surface area contributed by atoms with Crippen LogP contribution in [0.2, 0.25) is 0 Å². The Morgan fingerprint density at radius 3 is 3.17 bits per heavy atom. The number of aromatic hydroxyl groups is 1. The monoisotopic (exact) mass is 315 g/mol. The maximum absolute atomic E-state index is 12.3. The van der Waals surface area contributed by atoms with Gasteiger partial charge in [0.2, 0.25) is 0 Å². The Morgan fingerprint density at radius 2 is 2.35 bits per heavy atom. The van der Waals surface area contributed by atoms with Crippen molar-refractivity contribution in [2.45, 2.75) is 13.0 Å². The maximum atomic E-state index is 12.3. The summed E-state index contributed by atoms with van der Waals surface area (Å²) in [6.07, 6.45) is 4.03. The Hall–Kier alpha value is -2.87. The van der Waals surface area contributed by atoms with Crippen molar-refractivity contribution < 1.29 is 14.6 Å². The zero-order chi connectivity index (χ0) is 16.2. The summed E-state index contributed by atoms with van der Waals surface area (Å²) in [4.78, 5) is 12.3. The number of ether oxygens (including phenoxy) is 1. The number of phenols is 1. The summed E-state index contributed by atoms with van der Waals surface area (Å²) in [6.45, 7) is 1.33. The van der Waals surface area contributed by atoms with Crippen LogP contribution in [0.5, 0.6) is 5.75 Å². The van der Waals surface area contributed by atoms with E-state index in [0.29, 0.717) is 30.0 Å². The molecule has 120 valence electrons. The van der Waals surface area contributed by atoms with E-state index in [4.69, 9.17) is 4.74 Å². The maximum Gasteiger partial charge on any atom is 0.260 e. The third-order valence-electron chi connectivity index (χ3n) is 3.41. The number of phenolic OH excluding ortho intramolecular Hbond substituents is 1. The van der Waals surface area contributed by atoms with Gasteiger partial charge >= 0.3 is 0 Å². The van der Waals surface area contributed by atoms with Crippen LogP contribution in [0.25, 0.3) is 10.9 Å². The van der Waals surface area contributed by atoms with E-state index in [1.807, 2.05) is 0 Å². The molecule has 2 aromatic heterocycles. The number of carbonyl (C=O) groups is 1. The molecule has 1 aromatic carbocycles. The number of nitrogens with one attached hydrogen (secondary N) is 2. The quantitative estimate of drug-likeness (QED) is 0.601. The highest BCUT2D eigenvalue weighted by Gasteiger charge is 2.13. The van der Waals surface area contributed by atoms with Gasteiger partial charge in [0.05, 0.1) is 17.3 Å². The first kappa shape index (κ1) is 15.0. The van der Waals surface area contributed by atoms with E-state index in [2.05, 4.69) is 20.6 Å². The highest BCUT2D eigenvalue weighted by molar-refractivity contribution is 6.07. The van der Waals surface area contributed by atoms with Gasteiger partial charge in [-0.05, 0) is 18.6 Å². The molecule has 0 aliphatic rings. The van der Waals surface area contributed by atoms with Crippen molar-refractivity contribution in [2.75, 3.05) is 19.0 Å². The molecule has 0 saturated heterocycles. The van der Waals surface area contributed by atoms with Crippen LogP contribution in [0.4, 0.5) is 5.82 Å². The number of aromatic nitrogens is 4. The molecule has 0 aliphatic heterocycles. The van der Waals surface area contributed by atoms with Crippen LogP contribution in [0.3, 0.4) is 0 Å². The predicted molar refractivity (Wildman–Crippen MR) is 84.4 cm³/mol. The lowest BCUT2D eigenvalue weighted by atomic mass is 10.2. The molecule has 8 heteroatoms. The number of aromatic amines is 1. The molecule has 3 rings (SSSR count). The molecule has 23 heavy (non-hydrogen) atoms. The SMILES string of the molecule is COCCCn1cc(C(=O)Nc2n[nH]c3cc(O)ccc23)cn1. The first-order valence-electron chi connectivity index (χ1n) is 7.17. The van der Waals surface area contributed by atoms with Gasteiger partial charge in [-0.3, -0.25) is 14.6 Å². The molecule has 0 unspecified atom stereocenters. The van der Waals surface area contributed by atoms with Gasteiger partial charge in [-0.25, -0.2) is 0 Å². The van der Waals surface area contributed by atoms with Crippen LogP contribution in [0.1, 0.15) is 16.8 Å². The highest BCUT2D eigenvalue weighted by Crippen LogP contribution is 2.24.